The summed E-state index contributed by atoms with van der Waals surface area (Å²) in [5.74, 6) is 1.25. The highest BCUT2D eigenvalue weighted by molar-refractivity contribution is 9.09. The van der Waals surface area contributed by atoms with Gasteiger partial charge in [-0.3, -0.25) is 0 Å². The first-order valence-corrected chi connectivity index (χ1v) is 7.11. The maximum absolute atomic E-state index is 13.4. The van der Waals surface area contributed by atoms with Crippen LogP contribution in [0.1, 0.15) is 21.5 Å². The van der Waals surface area contributed by atoms with Gasteiger partial charge in [-0.2, -0.15) is 0 Å². The molecule has 0 aromatic heterocycles. The van der Waals surface area contributed by atoms with Crippen LogP contribution in [0, 0.1) is 12.7 Å². The summed E-state index contributed by atoms with van der Waals surface area (Å²) in [6.45, 7) is 1.75. The number of rotatable bonds is 4. The van der Waals surface area contributed by atoms with Crippen molar-refractivity contribution >= 4 is 15.9 Å². The van der Waals surface area contributed by atoms with Crippen molar-refractivity contribution in [2.24, 2.45) is 0 Å². The molecule has 2 rings (SSSR count). The smallest absolute Gasteiger partial charge is 0.127 e. The molecule has 0 amide bonds. The van der Waals surface area contributed by atoms with E-state index in [9.17, 15) is 4.39 Å². The minimum absolute atomic E-state index is 0.132. The van der Waals surface area contributed by atoms with Gasteiger partial charge in [0.2, 0.25) is 0 Å². The minimum atomic E-state index is -0.208. The zero-order chi connectivity index (χ0) is 14.7. The molecule has 0 radical (unpaired) electrons. The molecule has 1 unspecified atom stereocenters. The SMILES string of the molecule is COc1cccc(OC)c1C(Br)c1ccc(F)c(C)c1. The second kappa shape index (κ2) is 6.27. The lowest BCUT2D eigenvalue weighted by Gasteiger charge is -2.18. The normalized spacial score (nSPS) is 12.1. The summed E-state index contributed by atoms with van der Waals surface area (Å²) in [5, 5.41) is 0. The summed E-state index contributed by atoms with van der Waals surface area (Å²) in [4.78, 5) is -0.132. The predicted octanol–water partition coefficient (Wildman–Crippen LogP) is 4.64. The highest BCUT2D eigenvalue weighted by Crippen LogP contribution is 2.42. The Hall–Kier alpha value is -1.55. The van der Waals surface area contributed by atoms with Crippen LogP contribution in [0.15, 0.2) is 36.4 Å². The summed E-state index contributed by atoms with van der Waals surface area (Å²) in [7, 11) is 3.24. The first-order chi connectivity index (χ1) is 9.58. The Kier molecular flexibility index (Phi) is 4.65. The second-order valence-corrected chi connectivity index (χ2v) is 5.36. The van der Waals surface area contributed by atoms with E-state index in [0.29, 0.717) is 5.56 Å². The molecule has 0 heterocycles. The van der Waals surface area contributed by atoms with Crippen molar-refractivity contribution in [3.05, 3.63) is 58.9 Å². The number of hydrogen-bond donors (Lipinski definition) is 0. The Morgan fingerprint density at radius 1 is 1.05 bits per heavy atom. The van der Waals surface area contributed by atoms with Gasteiger partial charge in [0.15, 0.2) is 0 Å². The standard InChI is InChI=1S/C16H16BrFO2/c1-10-9-11(7-8-12(10)18)16(17)15-13(19-2)5-4-6-14(15)20-3/h4-9,16H,1-3H3. The third-order valence-corrected chi connectivity index (χ3v) is 4.18. The number of ether oxygens (including phenoxy) is 2. The average molecular weight is 339 g/mol. The molecule has 2 aromatic rings. The molecule has 2 nitrogen and oxygen atoms in total. The van der Waals surface area contributed by atoms with E-state index < -0.39 is 0 Å². The van der Waals surface area contributed by atoms with Gasteiger partial charge in [0.05, 0.1) is 24.6 Å². The van der Waals surface area contributed by atoms with Crippen LogP contribution < -0.4 is 9.47 Å². The maximum Gasteiger partial charge on any atom is 0.127 e. The van der Waals surface area contributed by atoms with Crippen LogP contribution >= 0.6 is 15.9 Å². The molecule has 20 heavy (non-hydrogen) atoms. The molecule has 0 bridgehead atoms. The van der Waals surface area contributed by atoms with Crippen molar-refractivity contribution < 1.29 is 13.9 Å². The predicted molar refractivity (Wildman–Crippen MR) is 81.5 cm³/mol. The van der Waals surface area contributed by atoms with E-state index in [1.807, 2.05) is 24.3 Å². The van der Waals surface area contributed by atoms with Gasteiger partial charge in [0.25, 0.3) is 0 Å². The molecule has 0 saturated carbocycles. The molecule has 1 atom stereocenters. The van der Waals surface area contributed by atoms with Crippen molar-refractivity contribution in [2.75, 3.05) is 14.2 Å². The number of methoxy groups -OCH3 is 2. The van der Waals surface area contributed by atoms with Gasteiger partial charge < -0.3 is 9.47 Å². The van der Waals surface area contributed by atoms with E-state index in [4.69, 9.17) is 9.47 Å². The summed E-state index contributed by atoms with van der Waals surface area (Å²) < 4.78 is 24.2. The Balaban J connectivity index is 2.51. The van der Waals surface area contributed by atoms with E-state index >= 15 is 0 Å². The van der Waals surface area contributed by atoms with Gasteiger partial charge in [-0.25, -0.2) is 4.39 Å². The molecule has 0 aliphatic rings. The van der Waals surface area contributed by atoms with Gasteiger partial charge in [0, 0.05) is 0 Å². The molecule has 0 aliphatic heterocycles. The third-order valence-electron chi connectivity index (χ3n) is 3.19. The molecule has 0 N–H and O–H groups in total. The number of alkyl halides is 1. The second-order valence-electron chi connectivity index (χ2n) is 4.45. The van der Waals surface area contributed by atoms with Crippen LogP contribution in [0.2, 0.25) is 0 Å². The van der Waals surface area contributed by atoms with Crippen molar-refractivity contribution in [1.29, 1.82) is 0 Å². The van der Waals surface area contributed by atoms with E-state index in [-0.39, 0.29) is 10.6 Å². The van der Waals surface area contributed by atoms with E-state index in [2.05, 4.69) is 15.9 Å². The number of aryl methyl sites for hydroxylation is 1. The first kappa shape index (κ1) is 14.9. The molecule has 106 valence electrons. The van der Waals surface area contributed by atoms with Crippen LogP contribution in [0.3, 0.4) is 0 Å². The Morgan fingerprint density at radius 2 is 1.65 bits per heavy atom. The lowest BCUT2D eigenvalue weighted by Crippen LogP contribution is -2.01. The van der Waals surface area contributed by atoms with Crippen molar-refractivity contribution in [3.63, 3.8) is 0 Å². The summed E-state index contributed by atoms with van der Waals surface area (Å²) >= 11 is 3.65. The Labute approximate surface area is 126 Å². The fraction of sp³-hybridized carbons (Fsp3) is 0.250. The lowest BCUT2D eigenvalue weighted by atomic mass is 10.0. The van der Waals surface area contributed by atoms with Crippen LogP contribution in [-0.2, 0) is 0 Å². The molecule has 0 aliphatic carbocycles. The molecule has 0 fully saturated rings. The fourth-order valence-electron chi connectivity index (χ4n) is 2.12. The van der Waals surface area contributed by atoms with Crippen LogP contribution in [0.5, 0.6) is 11.5 Å². The van der Waals surface area contributed by atoms with Crippen molar-refractivity contribution in [3.8, 4) is 11.5 Å². The lowest BCUT2D eigenvalue weighted by molar-refractivity contribution is 0.386. The fourth-order valence-corrected chi connectivity index (χ4v) is 2.86. The maximum atomic E-state index is 13.4. The summed E-state index contributed by atoms with van der Waals surface area (Å²) in [6, 6.07) is 10.7. The highest BCUT2D eigenvalue weighted by Gasteiger charge is 2.20. The quantitative estimate of drug-likeness (QED) is 0.756. The zero-order valence-corrected chi connectivity index (χ0v) is 13.2. The minimum Gasteiger partial charge on any atom is -0.496 e. The van der Waals surface area contributed by atoms with Crippen LogP contribution in [0.4, 0.5) is 4.39 Å². The van der Waals surface area contributed by atoms with Crippen molar-refractivity contribution in [2.45, 2.75) is 11.8 Å². The number of benzene rings is 2. The van der Waals surface area contributed by atoms with Gasteiger partial charge >= 0.3 is 0 Å². The average Bonchev–Trinajstić information content (AvgIpc) is 2.48. The molecule has 2 aromatic carbocycles. The summed E-state index contributed by atoms with van der Waals surface area (Å²) in [5.41, 5.74) is 2.45. The molecular formula is C16H16BrFO2. The Bertz CT molecular complexity index is 591. The third kappa shape index (κ3) is 2.80. The monoisotopic (exact) mass is 338 g/mol. The van der Waals surface area contributed by atoms with Gasteiger partial charge in [-0.1, -0.05) is 34.1 Å². The molecular weight excluding hydrogens is 323 g/mol. The van der Waals surface area contributed by atoms with Crippen LogP contribution in [0.25, 0.3) is 0 Å². The number of hydrogen-bond acceptors (Lipinski definition) is 2. The van der Waals surface area contributed by atoms with Gasteiger partial charge in [0.1, 0.15) is 17.3 Å². The molecule has 4 heteroatoms. The van der Waals surface area contributed by atoms with E-state index in [0.717, 1.165) is 22.6 Å². The zero-order valence-electron chi connectivity index (χ0n) is 11.6. The first-order valence-electron chi connectivity index (χ1n) is 6.19. The van der Waals surface area contributed by atoms with E-state index in [1.165, 1.54) is 6.07 Å². The molecule has 0 saturated heterocycles. The number of halogens is 2. The largest absolute Gasteiger partial charge is 0.496 e. The van der Waals surface area contributed by atoms with Gasteiger partial charge in [-0.15, -0.1) is 0 Å². The topological polar surface area (TPSA) is 18.5 Å². The van der Waals surface area contributed by atoms with E-state index in [1.54, 1.807) is 27.2 Å². The van der Waals surface area contributed by atoms with Crippen molar-refractivity contribution in [1.82, 2.24) is 0 Å². The Morgan fingerprint density at radius 3 is 2.15 bits per heavy atom. The molecule has 0 spiro atoms. The van der Waals surface area contributed by atoms with Gasteiger partial charge in [-0.05, 0) is 36.2 Å². The summed E-state index contributed by atoms with van der Waals surface area (Å²) in [6.07, 6.45) is 0. The highest BCUT2D eigenvalue weighted by atomic mass is 79.9. The van der Waals surface area contributed by atoms with Crippen LogP contribution in [-0.4, -0.2) is 14.2 Å².